The number of pyridine rings is 1. The molecule has 1 aromatic heterocycles. The molecule has 6 heteroatoms. The van der Waals surface area contributed by atoms with Gasteiger partial charge in [-0.05, 0) is 47.6 Å². The molecule has 0 aliphatic carbocycles. The van der Waals surface area contributed by atoms with Gasteiger partial charge < -0.3 is 43.3 Å². The number of halogens is 1. The first-order valence-electron chi connectivity index (χ1n) is 10.7. The number of aliphatic hydroxyl groups excluding tert-OH is 1. The Balaban J connectivity index is 0.00000272. The summed E-state index contributed by atoms with van der Waals surface area (Å²) in [5.41, 5.74) is 3.46. The highest BCUT2D eigenvalue weighted by molar-refractivity contribution is 5.79. The Hall–Kier alpha value is -1.90. The molecule has 4 rings (SSSR count). The fourth-order valence-corrected chi connectivity index (χ4v) is 4.70. The number of aliphatic hydroxyl groups is 1. The molecule has 1 fully saturated rings. The summed E-state index contributed by atoms with van der Waals surface area (Å²) in [5, 5.41) is 11.6. The van der Waals surface area contributed by atoms with E-state index in [1.54, 1.807) is 6.07 Å². The Morgan fingerprint density at radius 1 is 1.13 bits per heavy atom. The van der Waals surface area contributed by atoms with Crippen molar-refractivity contribution in [3.8, 4) is 5.75 Å². The number of hydrogen-bond acceptors (Lipinski definition) is 3. The average Bonchev–Trinajstić information content (AvgIpc) is 2.73. The zero-order chi connectivity index (χ0) is 21.1. The number of nitrogens with one attached hydrogen (secondary N) is 1. The van der Waals surface area contributed by atoms with Gasteiger partial charge in [0.05, 0.1) is 25.7 Å². The second-order valence-corrected chi connectivity index (χ2v) is 8.92. The monoisotopic (exact) mass is 534 g/mol. The molecule has 5 nitrogen and oxygen atoms in total. The summed E-state index contributed by atoms with van der Waals surface area (Å²) in [6, 6.07) is 17.6. The van der Waals surface area contributed by atoms with Crippen LogP contribution in [0.2, 0.25) is 0 Å². The first-order valence-corrected chi connectivity index (χ1v) is 10.7. The van der Waals surface area contributed by atoms with Gasteiger partial charge in [0.15, 0.2) is 0 Å². The lowest BCUT2D eigenvalue weighted by Gasteiger charge is -2.42. The molecule has 1 saturated heterocycles. The number of likely N-dealkylation sites (N-methyl/N-ethyl adjacent to an activating group) is 1. The molecule has 2 aromatic carbocycles. The highest BCUT2D eigenvalue weighted by atomic mass is 127. The van der Waals surface area contributed by atoms with Gasteiger partial charge in [0, 0.05) is 25.0 Å². The van der Waals surface area contributed by atoms with E-state index in [4.69, 9.17) is 4.74 Å². The molecular weight excluding hydrogens is 503 g/mol. The Morgan fingerprint density at radius 3 is 2.58 bits per heavy atom. The Labute approximate surface area is 200 Å². The van der Waals surface area contributed by atoms with E-state index in [2.05, 4.69) is 43.2 Å². The number of H-pyrrole nitrogens is 1. The van der Waals surface area contributed by atoms with E-state index < -0.39 is 6.10 Å². The fraction of sp³-hybridized carbons (Fsp3) is 0.400. The van der Waals surface area contributed by atoms with E-state index in [1.807, 2.05) is 18.2 Å². The molecule has 2 heterocycles. The first-order chi connectivity index (χ1) is 14.4. The minimum absolute atomic E-state index is 0. The highest BCUT2D eigenvalue weighted by Gasteiger charge is 2.33. The van der Waals surface area contributed by atoms with Gasteiger partial charge in [0.25, 0.3) is 0 Å². The zero-order valence-corrected chi connectivity index (χ0v) is 20.3. The van der Waals surface area contributed by atoms with E-state index >= 15 is 0 Å². The number of ether oxygens (including phenoxy) is 1. The molecule has 0 radical (unpaired) electrons. The minimum atomic E-state index is -0.532. The smallest absolute Gasteiger partial charge is 0.248 e. The number of benzene rings is 2. The third-order valence-corrected chi connectivity index (χ3v) is 6.45. The summed E-state index contributed by atoms with van der Waals surface area (Å²) in [7, 11) is 2.23. The number of aromatic amines is 1. The van der Waals surface area contributed by atoms with Gasteiger partial charge >= 0.3 is 0 Å². The number of rotatable bonds is 6. The van der Waals surface area contributed by atoms with Crippen molar-refractivity contribution in [1.29, 1.82) is 0 Å². The van der Waals surface area contributed by atoms with Crippen LogP contribution in [0.1, 0.15) is 29.9 Å². The zero-order valence-electron chi connectivity index (χ0n) is 18.2. The van der Waals surface area contributed by atoms with E-state index in [1.165, 1.54) is 17.2 Å². The van der Waals surface area contributed by atoms with Crippen molar-refractivity contribution in [3.63, 3.8) is 0 Å². The number of fused-ring (bicyclic) bond motifs is 1. The summed E-state index contributed by atoms with van der Waals surface area (Å²) in [4.78, 5) is 14.3. The lowest BCUT2D eigenvalue weighted by molar-refractivity contribution is -0.917. The second kappa shape index (κ2) is 10.1. The number of aromatic nitrogens is 1. The molecule has 3 aromatic rings. The topological polar surface area (TPSA) is 62.3 Å². The molecule has 1 aliphatic rings. The fourth-order valence-electron chi connectivity index (χ4n) is 4.70. The molecular formula is C25H31IN2O3. The maximum Gasteiger partial charge on any atom is 0.248 e. The van der Waals surface area contributed by atoms with Crippen LogP contribution in [0.4, 0.5) is 0 Å². The lowest BCUT2D eigenvalue weighted by atomic mass is 9.86. The lowest BCUT2D eigenvalue weighted by Crippen LogP contribution is -3.00. The summed E-state index contributed by atoms with van der Waals surface area (Å²) in [6.45, 7) is 5.25. The van der Waals surface area contributed by atoms with Gasteiger partial charge in [0.1, 0.15) is 25.0 Å². The van der Waals surface area contributed by atoms with E-state index in [-0.39, 0.29) is 36.1 Å². The molecule has 1 unspecified atom stereocenters. The maximum atomic E-state index is 11.5. The number of hydrogen-bond donors (Lipinski definition) is 2. The predicted octanol–water partition coefficient (Wildman–Crippen LogP) is 0.604. The number of piperidine rings is 1. The van der Waals surface area contributed by atoms with Crippen molar-refractivity contribution in [2.75, 3.05) is 33.3 Å². The Bertz CT molecular complexity index is 1070. The van der Waals surface area contributed by atoms with Crippen molar-refractivity contribution in [3.05, 3.63) is 76.1 Å². The molecule has 1 aliphatic heterocycles. The number of quaternary nitrogens is 1. The van der Waals surface area contributed by atoms with Crippen LogP contribution >= 0.6 is 0 Å². The van der Waals surface area contributed by atoms with Gasteiger partial charge in [-0.25, -0.2) is 0 Å². The van der Waals surface area contributed by atoms with Crippen molar-refractivity contribution in [2.45, 2.75) is 31.8 Å². The predicted molar refractivity (Wildman–Crippen MR) is 120 cm³/mol. The van der Waals surface area contributed by atoms with Gasteiger partial charge in [-0.2, -0.15) is 0 Å². The molecule has 0 bridgehead atoms. The van der Waals surface area contributed by atoms with Crippen molar-refractivity contribution in [1.82, 2.24) is 4.98 Å². The van der Waals surface area contributed by atoms with E-state index in [0.717, 1.165) is 41.3 Å². The standard InChI is InChI=1S/C25H30N2O3.HI/c1-18-5-3-4-6-23(18)19-11-13-27(2,14-12-19)16-21(28)17-30-22-9-7-20-8-10-25(29)26-24(20)15-22;/h3-10,15,19,21,28H,11-14,16-17H2,1-2H3;1H. The summed E-state index contributed by atoms with van der Waals surface area (Å²) < 4.78 is 6.70. The SMILES string of the molecule is Cc1ccccc1C1CC[N+](C)(CC(O)COc2ccc3ccc(=O)[nH]c3c2)CC1.[I-]. The van der Waals surface area contributed by atoms with Gasteiger partial charge in [-0.15, -0.1) is 0 Å². The highest BCUT2D eigenvalue weighted by Crippen LogP contribution is 2.32. The molecule has 0 saturated carbocycles. The molecule has 31 heavy (non-hydrogen) atoms. The normalized spacial score (nSPS) is 22.0. The molecule has 2 N–H and O–H groups in total. The van der Waals surface area contributed by atoms with Crippen LogP contribution < -0.4 is 34.3 Å². The molecule has 0 amide bonds. The summed E-state index contributed by atoms with van der Waals surface area (Å²) >= 11 is 0. The summed E-state index contributed by atoms with van der Waals surface area (Å²) in [5.74, 6) is 1.27. The number of aryl methyl sites for hydroxylation is 1. The first kappa shape index (κ1) is 23.8. The van der Waals surface area contributed by atoms with Crippen molar-refractivity contribution >= 4 is 10.9 Å². The third-order valence-electron chi connectivity index (χ3n) is 6.45. The van der Waals surface area contributed by atoms with Gasteiger partial charge in [-0.3, -0.25) is 4.79 Å². The van der Waals surface area contributed by atoms with Crippen LogP contribution in [-0.4, -0.2) is 54.0 Å². The minimum Gasteiger partial charge on any atom is -1.00 e. The molecule has 1 atom stereocenters. The Kier molecular flexibility index (Phi) is 7.78. The third kappa shape index (κ3) is 5.87. The van der Waals surface area contributed by atoms with Crippen LogP contribution in [0.5, 0.6) is 5.75 Å². The van der Waals surface area contributed by atoms with Crippen molar-refractivity contribution in [2.24, 2.45) is 0 Å². The number of nitrogens with zero attached hydrogens (tertiary/aromatic N) is 1. The van der Waals surface area contributed by atoms with Crippen LogP contribution in [-0.2, 0) is 0 Å². The van der Waals surface area contributed by atoms with E-state index in [0.29, 0.717) is 18.2 Å². The number of likely N-dealkylation sites (tertiary alicyclic amines) is 1. The second-order valence-electron chi connectivity index (χ2n) is 8.92. The van der Waals surface area contributed by atoms with Gasteiger partial charge in [0.2, 0.25) is 5.56 Å². The van der Waals surface area contributed by atoms with Crippen molar-refractivity contribution < 1.29 is 38.3 Å². The van der Waals surface area contributed by atoms with Crippen LogP contribution in [0.3, 0.4) is 0 Å². The summed E-state index contributed by atoms with van der Waals surface area (Å²) in [6.07, 6.45) is 1.76. The van der Waals surface area contributed by atoms with Crippen LogP contribution in [0.25, 0.3) is 10.9 Å². The van der Waals surface area contributed by atoms with Gasteiger partial charge in [-0.1, -0.05) is 24.3 Å². The van der Waals surface area contributed by atoms with Crippen LogP contribution in [0.15, 0.2) is 59.4 Å². The average molecular weight is 534 g/mol. The Morgan fingerprint density at radius 2 is 1.84 bits per heavy atom. The quantitative estimate of drug-likeness (QED) is 0.360. The van der Waals surface area contributed by atoms with Crippen LogP contribution in [0, 0.1) is 6.92 Å². The largest absolute Gasteiger partial charge is 1.00 e. The molecule has 166 valence electrons. The van der Waals surface area contributed by atoms with E-state index in [9.17, 15) is 9.90 Å². The maximum absolute atomic E-state index is 11.5. The molecule has 0 spiro atoms.